The lowest BCUT2D eigenvalue weighted by Crippen LogP contribution is -2.52. The largest absolute Gasteiger partial charge is 0.417 e. The van der Waals surface area contributed by atoms with E-state index in [0.717, 1.165) is 24.1 Å². The highest BCUT2D eigenvalue weighted by molar-refractivity contribution is 6.06. The quantitative estimate of drug-likeness (QED) is 0.661. The molecule has 2 aliphatic heterocycles. The van der Waals surface area contributed by atoms with Crippen molar-refractivity contribution in [2.75, 3.05) is 12.4 Å². The Morgan fingerprint density at radius 1 is 1.31 bits per heavy atom. The maximum Gasteiger partial charge on any atom is 0.311 e. The molecule has 36 heavy (non-hydrogen) atoms. The SMILES string of the molecule is CC(C)C[C@@H](C(=O)N1C2[C@@H]3c4ccccc4NC(=O)[C@]23C[C@H]1C#N)N(C)C(=O)c1nnc(C2CC2)o1. The van der Waals surface area contributed by atoms with Gasteiger partial charge in [-0.2, -0.15) is 5.26 Å². The Morgan fingerprint density at radius 2 is 2.06 bits per heavy atom. The molecule has 1 aromatic heterocycles. The molecule has 186 valence electrons. The van der Waals surface area contributed by atoms with Crippen LogP contribution >= 0.6 is 0 Å². The number of nitriles is 1. The highest BCUT2D eigenvalue weighted by Crippen LogP contribution is 2.72. The Balaban J connectivity index is 1.31. The molecule has 6 rings (SSSR count). The minimum Gasteiger partial charge on any atom is -0.417 e. The Labute approximate surface area is 208 Å². The van der Waals surface area contributed by atoms with Crippen molar-refractivity contribution in [1.29, 1.82) is 5.26 Å². The van der Waals surface area contributed by atoms with Gasteiger partial charge in [0.2, 0.25) is 17.7 Å². The zero-order valence-electron chi connectivity index (χ0n) is 20.5. The van der Waals surface area contributed by atoms with Crippen molar-refractivity contribution in [2.45, 2.75) is 69.5 Å². The average molecular weight is 489 g/mol. The van der Waals surface area contributed by atoms with Crippen LogP contribution in [0.5, 0.6) is 0 Å². The number of carbonyl (C=O) groups is 3. The average Bonchev–Trinajstić information content (AvgIpc) is 3.74. The molecule has 0 radical (unpaired) electrons. The van der Waals surface area contributed by atoms with Gasteiger partial charge in [0, 0.05) is 24.6 Å². The fourth-order valence-corrected chi connectivity index (χ4v) is 6.18. The van der Waals surface area contributed by atoms with Crippen LogP contribution in [0.1, 0.15) is 73.5 Å². The summed E-state index contributed by atoms with van der Waals surface area (Å²) < 4.78 is 5.61. The van der Waals surface area contributed by atoms with E-state index >= 15 is 0 Å². The number of fused-ring (bicyclic) bond motifs is 3. The van der Waals surface area contributed by atoms with Gasteiger partial charge in [-0.3, -0.25) is 14.4 Å². The van der Waals surface area contributed by atoms with Crippen molar-refractivity contribution < 1.29 is 18.8 Å². The van der Waals surface area contributed by atoms with Gasteiger partial charge in [0.1, 0.15) is 12.1 Å². The second-order valence-corrected chi connectivity index (χ2v) is 10.9. The molecular formula is C26H28N6O4. The van der Waals surface area contributed by atoms with Crippen molar-refractivity contribution in [3.63, 3.8) is 0 Å². The van der Waals surface area contributed by atoms with Crippen LogP contribution in [-0.4, -0.2) is 62.9 Å². The van der Waals surface area contributed by atoms with Gasteiger partial charge in [-0.15, -0.1) is 10.2 Å². The molecule has 2 aliphatic carbocycles. The zero-order chi connectivity index (χ0) is 25.4. The first-order valence-electron chi connectivity index (χ1n) is 12.5. The summed E-state index contributed by atoms with van der Waals surface area (Å²) in [5.74, 6) is -0.519. The number of aromatic nitrogens is 2. The van der Waals surface area contributed by atoms with E-state index in [2.05, 4.69) is 21.6 Å². The minimum absolute atomic E-state index is 0.0986. The fourth-order valence-electron chi connectivity index (χ4n) is 6.18. The van der Waals surface area contributed by atoms with E-state index < -0.39 is 29.4 Å². The van der Waals surface area contributed by atoms with E-state index in [1.807, 2.05) is 38.1 Å². The third-order valence-corrected chi connectivity index (χ3v) is 8.14. The zero-order valence-corrected chi connectivity index (χ0v) is 20.5. The number of nitrogens with one attached hydrogen (secondary N) is 1. The molecule has 3 amide bonds. The molecule has 5 atom stereocenters. The van der Waals surface area contributed by atoms with Gasteiger partial charge < -0.3 is 19.5 Å². The van der Waals surface area contributed by atoms with Crippen LogP contribution in [-0.2, 0) is 9.59 Å². The topological polar surface area (TPSA) is 132 Å². The van der Waals surface area contributed by atoms with Crippen LogP contribution in [0.3, 0.4) is 0 Å². The van der Waals surface area contributed by atoms with E-state index in [1.54, 1.807) is 11.9 Å². The standard InChI is InChI=1S/C26H28N6O4/c1-13(2)10-18(31(3)24(34)22-30-29-21(36-22)14-8-9-14)23(33)32-15(12-27)11-26-19(20(26)32)16-6-4-5-7-17(16)28-25(26)35/h4-7,13-15,18-20H,8-11H2,1-3H3,(H,28,35)/t15-,18-,19-,20?,26-/m0/s1. The molecular weight excluding hydrogens is 460 g/mol. The second kappa shape index (κ2) is 7.88. The molecule has 4 aliphatic rings. The highest BCUT2D eigenvalue weighted by atomic mass is 16.4. The smallest absolute Gasteiger partial charge is 0.311 e. The van der Waals surface area contributed by atoms with Crippen LogP contribution in [0.15, 0.2) is 28.7 Å². The number of piperidine rings is 1. The molecule has 3 heterocycles. The molecule has 1 N–H and O–H groups in total. The molecule has 1 saturated heterocycles. The molecule has 0 bridgehead atoms. The van der Waals surface area contributed by atoms with Crippen LogP contribution in [0.4, 0.5) is 5.69 Å². The molecule has 1 aromatic carbocycles. The Bertz CT molecular complexity index is 1310. The maximum absolute atomic E-state index is 14.1. The van der Waals surface area contributed by atoms with Crippen LogP contribution < -0.4 is 5.32 Å². The predicted molar refractivity (Wildman–Crippen MR) is 127 cm³/mol. The third kappa shape index (κ3) is 3.18. The number of likely N-dealkylation sites (N-methyl/N-ethyl adjacent to an activating group) is 1. The number of hydrogen-bond acceptors (Lipinski definition) is 7. The lowest BCUT2D eigenvalue weighted by molar-refractivity contribution is -0.137. The third-order valence-electron chi connectivity index (χ3n) is 8.14. The van der Waals surface area contributed by atoms with Gasteiger partial charge in [0.05, 0.1) is 17.5 Å². The van der Waals surface area contributed by atoms with E-state index in [-0.39, 0.29) is 41.9 Å². The van der Waals surface area contributed by atoms with Crippen molar-refractivity contribution in [2.24, 2.45) is 11.3 Å². The van der Waals surface area contributed by atoms with Gasteiger partial charge in [-0.1, -0.05) is 32.0 Å². The molecule has 1 spiro atoms. The molecule has 3 fully saturated rings. The summed E-state index contributed by atoms with van der Waals surface area (Å²) in [7, 11) is 1.56. The van der Waals surface area contributed by atoms with Crippen LogP contribution in [0.25, 0.3) is 0 Å². The van der Waals surface area contributed by atoms with Crippen molar-refractivity contribution in [3.05, 3.63) is 41.6 Å². The van der Waals surface area contributed by atoms with E-state index in [9.17, 15) is 19.6 Å². The minimum atomic E-state index is -0.833. The number of hydrogen-bond donors (Lipinski definition) is 1. The number of benzene rings is 1. The molecule has 1 unspecified atom stereocenters. The second-order valence-electron chi connectivity index (χ2n) is 10.9. The molecule has 10 nitrogen and oxygen atoms in total. The lowest BCUT2D eigenvalue weighted by Gasteiger charge is -2.34. The van der Waals surface area contributed by atoms with E-state index in [4.69, 9.17) is 4.42 Å². The Kier molecular flexibility index (Phi) is 4.97. The summed E-state index contributed by atoms with van der Waals surface area (Å²) in [5.41, 5.74) is 0.933. The first kappa shape index (κ1) is 22.7. The lowest BCUT2D eigenvalue weighted by atomic mass is 9.88. The maximum atomic E-state index is 14.1. The summed E-state index contributed by atoms with van der Waals surface area (Å²) >= 11 is 0. The van der Waals surface area contributed by atoms with Crippen molar-refractivity contribution in [3.8, 4) is 6.07 Å². The number of nitrogens with zero attached hydrogens (tertiary/aromatic N) is 5. The summed E-state index contributed by atoms with van der Waals surface area (Å²) in [6, 6.07) is 7.86. The van der Waals surface area contributed by atoms with E-state index in [1.165, 1.54) is 4.90 Å². The van der Waals surface area contributed by atoms with Crippen LogP contribution in [0.2, 0.25) is 0 Å². The summed E-state index contributed by atoms with van der Waals surface area (Å²) in [6.07, 6.45) is 2.61. The highest BCUT2D eigenvalue weighted by Gasteiger charge is 2.79. The summed E-state index contributed by atoms with van der Waals surface area (Å²) in [4.78, 5) is 43.6. The number of anilines is 1. The fraction of sp³-hybridized carbons (Fsp3) is 0.538. The number of carbonyl (C=O) groups excluding carboxylic acids is 3. The molecule has 10 heteroatoms. The van der Waals surface area contributed by atoms with Gasteiger partial charge in [-0.05, 0) is 43.2 Å². The summed E-state index contributed by atoms with van der Waals surface area (Å²) in [6.45, 7) is 3.95. The first-order valence-corrected chi connectivity index (χ1v) is 12.5. The van der Waals surface area contributed by atoms with Gasteiger partial charge in [0.25, 0.3) is 0 Å². The normalized spacial score (nSPS) is 28.5. The monoisotopic (exact) mass is 488 g/mol. The Morgan fingerprint density at radius 3 is 2.75 bits per heavy atom. The number of rotatable bonds is 6. The predicted octanol–water partition coefficient (Wildman–Crippen LogP) is 2.66. The number of amides is 3. The van der Waals surface area contributed by atoms with Crippen molar-refractivity contribution >= 4 is 23.4 Å². The van der Waals surface area contributed by atoms with Gasteiger partial charge in [0.15, 0.2) is 0 Å². The van der Waals surface area contributed by atoms with Gasteiger partial charge in [-0.25, -0.2) is 0 Å². The first-order chi connectivity index (χ1) is 17.3. The van der Waals surface area contributed by atoms with Gasteiger partial charge >= 0.3 is 11.8 Å². The summed E-state index contributed by atoms with van der Waals surface area (Å²) in [5, 5.41) is 20.9. The van der Waals surface area contributed by atoms with Crippen LogP contribution in [0, 0.1) is 22.7 Å². The molecule has 2 saturated carbocycles. The van der Waals surface area contributed by atoms with Crippen molar-refractivity contribution in [1.82, 2.24) is 20.0 Å². The van der Waals surface area contributed by atoms with E-state index in [0.29, 0.717) is 12.3 Å². The molecule has 2 aromatic rings. The Hall–Kier alpha value is -3.74. The number of para-hydroxylation sites is 1. The number of likely N-dealkylation sites (tertiary alicyclic amines) is 1.